The van der Waals surface area contributed by atoms with E-state index in [4.69, 9.17) is 0 Å². The molecule has 0 bridgehead atoms. The van der Waals surface area contributed by atoms with E-state index in [0.717, 1.165) is 12.0 Å². The molecule has 0 aromatic heterocycles. The van der Waals surface area contributed by atoms with Gasteiger partial charge in [0.2, 0.25) is 5.91 Å². The van der Waals surface area contributed by atoms with E-state index in [2.05, 4.69) is 0 Å². The summed E-state index contributed by atoms with van der Waals surface area (Å²) in [6.45, 7) is 1.09. The highest BCUT2D eigenvalue weighted by atomic mass is 19.1. The van der Waals surface area contributed by atoms with Gasteiger partial charge in [0, 0.05) is 19.5 Å². The van der Waals surface area contributed by atoms with Crippen LogP contribution in [0.2, 0.25) is 0 Å². The molecular weight excluding hydrogens is 245 g/mol. The lowest BCUT2D eigenvalue weighted by Gasteiger charge is -2.21. The third kappa shape index (κ3) is 1.95. The summed E-state index contributed by atoms with van der Waals surface area (Å²) in [7, 11) is 0. The highest BCUT2D eigenvalue weighted by molar-refractivity contribution is 6.08. The predicted octanol–water partition coefficient (Wildman–Crippen LogP) is 2.30. The molecule has 0 N–H and O–H groups in total. The highest BCUT2D eigenvalue weighted by Gasteiger charge is 2.53. The minimum absolute atomic E-state index is 0.0284. The highest BCUT2D eigenvalue weighted by Crippen LogP contribution is 2.44. The largest absolute Gasteiger partial charge is 0.337 e. The summed E-state index contributed by atoms with van der Waals surface area (Å²) in [4.78, 5) is 26.1. The third-order valence-corrected chi connectivity index (χ3v) is 4.33. The summed E-state index contributed by atoms with van der Waals surface area (Å²) in [5, 5.41) is 0. The topological polar surface area (TPSA) is 37.4 Å². The Morgan fingerprint density at radius 3 is 2.53 bits per heavy atom. The average Bonchev–Trinajstić information content (AvgIpc) is 2.92. The Morgan fingerprint density at radius 2 is 1.89 bits per heavy atom. The summed E-state index contributed by atoms with van der Waals surface area (Å²) in [6.07, 6.45) is 2.71. The van der Waals surface area contributed by atoms with Crippen LogP contribution in [-0.4, -0.2) is 23.1 Å². The maximum absolute atomic E-state index is 12.8. The molecule has 1 aliphatic heterocycles. The minimum atomic E-state index is -0.722. The molecule has 3 nitrogen and oxygen atoms in total. The van der Waals surface area contributed by atoms with E-state index in [1.807, 2.05) is 0 Å². The quantitative estimate of drug-likeness (QED) is 0.766. The zero-order valence-corrected chi connectivity index (χ0v) is 10.7. The van der Waals surface area contributed by atoms with Crippen LogP contribution >= 0.6 is 0 Å². The summed E-state index contributed by atoms with van der Waals surface area (Å²) >= 11 is 0. The molecule has 1 spiro atoms. The number of hydrogen-bond acceptors (Lipinski definition) is 2. The number of ketones is 1. The van der Waals surface area contributed by atoms with Gasteiger partial charge >= 0.3 is 0 Å². The van der Waals surface area contributed by atoms with Gasteiger partial charge in [0.1, 0.15) is 17.0 Å². The van der Waals surface area contributed by atoms with Gasteiger partial charge in [-0.3, -0.25) is 9.59 Å². The van der Waals surface area contributed by atoms with Crippen LogP contribution in [0.15, 0.2) is 24.3 Å². The molecule has 1 aromatic carbocycles. The fraction of sp³-hybridized carbons (Fsp3) is 0.467. The molecule has 19 heavy (non-hydrogen) atoms. The van der Waals surface area contributed by atoms with Gasteiger partial charge in [-0.25, -0.2) is 4.39 Å². The zero-order valence-electron chi connectivity index (χ0n) is 10.7. The first-order valence-electron chi connectivity index (χ1n) is 6.69. The molecule has 1 saturated heterocycles. The van der Waals surface area contributed by atoms with E-state index >= 15 is 0 Å². The van der Waals surface area contributed by atoms with Crippen molar-refractivity contribution in [3.05, 3.63) is 35.6 Å². The van der Waals surface area contributed by atoms with Crippen molar-refractivity contribution in [3.8, 4) is 0 Å². The molecule has 100 valence electrons. The van der Waals surface area contributed by atoms with Crippen molar-refractivity contribution in [2.45, 2.75) is 32.2 Å². The van der Waals surface area contributed by atoms with Gasteiger partial charge in [0.05, 0.1) is 0 Å². The standard InChI is InChI=1S/C15H16FNO2/c16-12-5-3-11(4-6-12)10-17-9-8-15(14(17)19)7-1-2-13(15)18/h3-6H,1-2,7-10H2/t15-/m1/s1. The van der Waals surface area contributed by atoms with Crippen LogP contribution in [0.5, 0.6) is 0 Å². The van der Waals surface area contributed by atoms with Crippen LogP contribution in [0.25, 0.3) is 0 Å². The minimum Gasteiger partial charge on any atom is -0.337 e. The van der Waals surface area contributed by atoms with Crippen molar-refractivity contribution in [2.75, 3.05) is 6.54 Å². The second-order valence-corrected chi connectivity index (χ2v) is 5.46. The number of Topliss-reactive ketones (excluding diaryl/α,β-unsaturated/α-hetero) is 1. The van der Waals surface area contributed by atoms with Gasteiger partial charge in [0.15, 0.2) is 0 Å². The number of nitrogens with zero attached hydrogens (tertiary/aromatic N) is 1. The Bertz CT molecular complexity index is 525. The zero-order chi connectivity index (χ0) is 13.5. The summed E-state index contributed by atoms with van der Waals surface area (Å²) in [5.41, 5.74) is 0.178. The number of likely N-dealkylation sites (tertiary alicyclic amines) is 1. The van der Waals surface area contributed by atoms with Crippen molar-refractivity contribution < 1.29 is 14.0 Å². The molecule has 1 heterocycles. The molecule has 3 rings (SSSR count). The number of amides is 1. The van der Waals surface area contributed by atoms with Crippen LogP contribution in [0.4, 0.5) is 4.39 Å². The Kier molecular flexibility index (Phi) is 2.88. The van der Waals surface area contributed by atoms with Gasteiger partial charge in [-0.2, -0.15) is 0 Å². The van der Waals surface area contributed by atoms with Crippen LogP contribution in [-0.2, 0) is 16.1 Å². The van der Waals surface area contributed by atoms with Gasteiger partial charge in [-0.1, -0.05) is 12.1 Å². The summed E-state index contributed by atoms with van der Waals surface area (Å²) in [6, 6.07) is 6.16. The normalized spacial score (nSPS) is 26.7. The predicted molar refractivity (Wildman–Crippen MR) is 67.7 cm³/mol. The molecule has 1 aliphatic carbocycles. The Morgan fingerprint density at radius 1 is 1.16 bits per heavy atom. The first-order valence-corrected chi connectivity index (χ1v) is 6.69. The summed E-state index contributed by atoms with van der Waals surface area (Å²) in [5.74, 6) is -0.197. The van der Waals surface area contributed by atoms with Gasteiger partial charge < -0.3 is 4.90 Å². The second-order valence-electron chi connectivity index (χ2n) is 5.46. The lowest BCUT2D eigenvalue weighted by Crippen LogP contribution is -2.37. The molecule has 1 saturated carbocycles. The van der Waals surface area contributed by atoms with Crippen molar-refractivity contribution in [1.29, 1.82) is 0 Å². The molecule has 0 radical (unpaired) electrons. The summed E-state index contributed by atoms with van der Waals surface area (Å²) < 4.78 is 12.8. The lowest BCUT2D eigenvalue weighted by molar-refractivity contribution is -0.142. The van der Waals surface area contributed by atoms with E-state index in [0.29, 0.717) is 32.4 Å². The number of carbonyl (C=O) groups excluding carboxylic acids is 2. The maximum atomic E-state index is 12.8. The molecule has 1 amide bonds. The average molecular weight is 261 g/mol. The van der Waals surface area contributed by atoms with Crippen LogP contribution in [0, 0.1) is 11.2 Å². The smallest absolute Gasteiger partial charge is 0.236 e. The molecule has 1 aromatic rings. The number of hydrogen-bond donors (Lipinski definition) is 0. The van der Waals surface area contributed by atoms with Crippen molar-refractivity contribution >= 4 is 11.7 Å². The second kappa shape index (κ2) is 4.44. The van der Waals surface area contributed by atoms with Crippen LogP contribution in [0.1, 0.15) is 31.2 Å². The number of halogens is 1. The monoisotopic (exact) mass is 261 g/mol. The van der Waals surface area contributed by atoms with Crippen LogP contribution < -0.4 is 0 Å². The van der Waals surface area contributed by atoms with E-state index in [-0.39, 0.29) is 17.5 Å². The Labute approximate surface area is 111 Å². The lowest BCUT2D eigenvalue weighted by atomic mass is 9.84. The SMILES string of the molecule is O=C1CCC[C@@]12CCN(Cc1ccc(F)cc1)C2=O. The van der Waals surface area contributed by atoms with Gasteiger partial charge in [-0.15, -0.1) is 0 Å². The Hall–Kier alpha value is -1.71. The van der Waals surface area contributed by atoms with Gasteiger partial charge in [-0.05, 0) is 37.0 Å². The fourth-order valence-corrected chi connectivity index (χ4v) is 3.22. The number of carbonyl (C=O) groups is 2. The molecule has 2 aliphatic rings. The third-order valence-electron chi connectivity index (χ3n) is 4.33. The molecule has 1 atom stereocenters. The van der Waals surface area contributed by atoms with E-state index in [1.54, 1.807) is 17.0 Å². The van der Waals surface area contributed by atoms with Crippen molar-refractivity contribution in [2.24, 2.45) is 5.41 Å². The van der Waals surface area contributed by atoms with Gasteiger partial charge in [0.25, 0.3) is 0 Å². The first kappa shape index (κ1) is 12.3. The van der Waals surface area contributed by atoms with Crippen molar-refractivity contribution in [1.82, 2.24) is 4.90 Å². The number of benzene rings is 1. The molecular formula is C15H16FNO2. The number of rotatable bonds is 2. The van der Waals surface area contributed by atoms with Crippen molar-refractivity contribution in [3.63, 3.8) is 0 Å². The van der Waals surface area contributed by atoms with E-state index in [1.165, 1.54) is 12.1 Å². The fourth-order valence-electron chi connectivity index (χ4n) is 3.22. The Balaban J connectivity index is 1.76. The molecule has 4 heteroatoms. The molecule has 2 fully saturated rings. The molecule has 0 unspecified atom stereocenters. The van der Waals surface area contributed by atoms with E-state index < -0.39 is 5.41 Å². The van der Waals surface area contributed by atoms with E-state index in [9.17, 15) is 14.0 Å². The maximum Gasteiger partial charge on any atom is 0.236 e. The first-order chi connectivity index (χ1) is 9.12. The van der Waals surface area contributed by atoms with Crippen LogP contribution in [0.3, 0.4) is 0 Å².